The summed E-state index contributed by atoms with van der Waals surface area (Å²) in [5, 5.41) is 0.664. The summed E-state index contributed by atoms with van der Waals surface area (Å²) in [7, 11) is 0. The Bertz CT molecular complexity index is 464. The lowest BCUT2D eigenvalue weighted by Crippen LogP contribution is -2.42. The number of hydrogen-bond donors (Lipinski definition) is 0. The highest BCUT2D eigenvalue weighted by atomic mass is 79.9. The number of likely N-dealkylation sites (tertiary alicyclic amines) is 1. The smallest absolute Gasteiger partial charge is 0.302 e. The van der Waals surface area contributed by atoms with Crippen molar-refractivity contribution in [2.24, 2.45) is 5.92 Å². The molecule has 6 heteroatoms. The average molecular weight is 371 g/mol. The minimum absolute atomic E-state index is 0.106. The van der Waals surface area contributed by atoms with Gasteiger partial charge in [-0.3, -0.25) is 0 Å². The Kier molecular flexibility index (Phi) is 5.37. The second-order valence-corrected chi connectivity index (χ2v) is 6.49. The van der Waals surface area contributed by atoms with Gasteiger partial charge in [0.2, 0.25) is 0 Å². The molecule has 1 saturated heterocycles. The van der Waals surface area contributed by atoms with E-state index in [0.717, 1.165) is 16.6 Å². The Balaban J connectivity index is 1.92. The van der Waals surface area contributed by atoms with Crippen molar-refractivity contribution >= 4 is 27.5 Å². The first-order valence-corrected chi connectivity index (χ1v) is 7.76. The van der Waals surface area contributed by atoms with Crippen LogP contribution in [-0.2, 0) is 6.42 Å². The van der Waals surface area contributed by atoms with E-state index in [2.05, 4.69) is 15.9 Å². The van der Waals surface area contributed by atoms with Crippen molar-refractivity contribution in [3.63, 3.8) is 0 Å². The van der Waals surface area contributed by atoms with E-state index < -0.39 is 12.1 Å². The lowest BCUT2D eigenvalue weighted by atomic mass is 9.97. The van der Waals surface area contributed by atoms with E-state index in [1.807, 2.05) is 17.0 Å². The molecule has 0 bridgehead atoms. The van der Waals surface area contributed by atoms with Crippen molar-refractivity contribution in [3.8, 4) is 0 Å². The molecule has 0 N–H and O–H groups in total. The van der Waals surface area contributed by atoms with Gasteiger partial charge in [0, 0.05) is 22.6 Å². The first kappa shape index (κ1) is 16.1. The molecule has 20 heavy (non-hydrogen) atoms. The zero-order valence-corrected chi connectivity index (χ0v) is 13.2. The van der Waals surface area contributed by atoms with E-state index >= 15 is 0 Å². The van der Waals surface area contributed by atoms with Gasteiger partial charge in [-0.2, -0.15) is 13.2 Å². The normalized spacial score (nSPS) is 21.1. The van der Waals surface area contributed by atoms with Gasteiger partial charge in [0.05, 0.1) is 5.92 Å². The molecular weight excluding hydrogens is 355 g/mol. The van der Waals surface area contributed by atoms with Gasteiger partial charge in [-0.1, -0.05) is 27.5 Å². The fourth-order valence-electron chi connectivity index (χ4n) is 2.54. The molecule has 0 aromatic heterocycles. The van der Waals surface area contributed by atoms with Crippen LogP contribution in [0.25, 0.3) is 0 Å². The first-order valence-electron chi connectivity index (χ1n) is 6.59. The van der Waals surface area contributed by atoms with E-state index in [-0.39, 0.29) is 13.0 Å². The molecule has 2 rings (SSSR count). The Morgan fingerprint density at radius 1 is 1.35 bits per heavy atom. The van der Waals surface area contributed by atoms with E-state index in [1.165, 1.54) is 0 Å². The van der Waals surface area contributed by atoms with E-state index in [4.69, 9.17) is 11.6 Å². The standard InChI is InChI=1S/C14H16BrClF3N/c15-12-3-4-13(16)10(8-12)5-7-20-6-1-2-11(9-20)14(17,18)19/h3-4,8,11H,1-2,5-7,9H2. The van der Waals surface area contributed by atoms with Crippen molar-refractivity contribution < 1.29 is 13.2 Å². The van der Waals surface area contributed by atoms with Crippen LogP contribution in [0.1, 0.15) is 18.4 Å². The van der Waals surface area contributed by atoms with Gasteiger partial charge in [-0.25, -0.2) is 0 Å². The van der Waals surface area contributed by atoms with E-state index in [0.29, 0.717) is 24.4 Å². The average Bonchev–Trinajstić information content (AvgIpc) is 2.39. The predicted octanol–water partition coefficient (Wildman–Crippen LogP) is 4.92. The summed E-state index contributed by atoms with van der Waals surface area (Å²) in [6.07, 6.45) is -2.55. The molecular formula is C14H16BrClF3N. The van der Waals surface area contributed by atoms with Gasteiger partial charge in [-0.05, 0) is 49.6 Å². The van der Waals surface area contributed by atoms with Crippen LogP contribution < -0.4 is 0 Å². The molecule has 0 amide bonds. The molecule has 1 aromatic rings. The van der Waals surface area contributed by atoms with Crippen molar-refractivity contribution in [1.82, 2.24) is 4.90 Å². The fourth-order valence-corrected chi connectivity index (χ4v) is 3.16. The fraction of sp³-hybridized carbons (Fsp3) is 0.571. The molecule has 1 unspecified atom stereocenters. The molecule has 0 radical (unpaired) electrons. The molecule has 1 heterocycles. The summed E-state index contributed by atoms with van der Waals surface area (Å²) >= 11 is 9.47. The molecule has 1 nitrogen and oxygen atoms in total. The van der Waals surface area contributed by atoms with Gasteiger partial charge < -0.3 is 4.90 Å². The van der Waals surface area contributed by atoms with Crippen molar-refractivity contribution in [2.75, 3.05) is 19.6 Å². The quantitative estimate of drug-likeness (QED) is 0.730. The van der Waals surface area contributed by atoms with Gasteiger partial charge in [0.25, 0.3) is 0 Å². The Labute approximate surface area is 130 Å². The molecule has 0 saturated carbocycles. The van der Waals surface area contributed by atoms with Crippen LogP contribution in [0.15, 0.2) is 22.7 Å². The van der Waals surface area contributed by atoms with Crippen molar-refractivity contribution in [3.05, 3.63) is 33.3 Å². The minimum Gasteiger partial charge on any atom is -0.302 e. The molecule has 1 aliphatic heterocycles. The number of benzene rings is 1. The summed E-state index contributed by atoms with van der Waals surface area (Å²) in [6, 6.07) is 5.58. The Morgan fingerprint density at radius 3 is 2.80 bits per heavy atom. The third-order valence-corrected chi connectivity index (χ3v) is 4.54. The summed E-state index contributed by atoms with van der Waals surface area (Å²) < 4.78 is 39.2. The van der Waals surface area contributed by atoms with Crippen LogP contribution >= 0.6 is 27.5 Å². The summed E-state index contributed by atoms with van der Waals surface area (Å²) in [4.78, 5) is 1.89. The zero-order valence-electron chi connectivity index (χ0n) is 10.9. The maximum atomic E-state index is 12.7. The molecule has 1 aliphatic rings. The third kappa shape index (κ3) is 4.37. The summed E-state index contributed by atoms with van der Waals surface area (Å²) in [5.41, 5.74) is 0.968. The first-order chi connectivity index (χ1) is 9.36. The van der Waals surface area contributed by atoms with Crippen LogP contribution in [0.2, 0.25) is 5.02 Å². The zero-order chi connectivity index (χ0) is 14.8. The van der Waals surface area contributed by atoms with Gasteiger partial charge in [0.15, 0.2) is 0 Å². The SMILES string of the molecule is FC(F)(F)C1CCCN(CCc2cc(Br)ccc2Cl)C1. The predicted molar refractivity (Wildman–Crippen MR) is 78.1 cm³/mol. The van der Waals surface area contributed by atoms with E-state index in [9.17, 15) is 13.2 Å². The second kappa shape index (κ2) is 6.67. The number of piperidine rings is 1. The largest absolute Gasteiger partial charge is 0.393 e. The molecule has 1 atom stereocenters. The van der Waals surface area contributed by atoms with Gasteiger partial charge in [0.1, 0.15) is 0 Å². The maximum Gasteiger partial charge on any atom is 0.393 e. The maximum absolute atomic E-state index is 12.7. The Morgan fingerprint density at radius 2 is 2.10 bits per heavy atom. The molecule has 112 valence electrons. The second-order valence-electron chi connectivity index (χ2n) is 5.17. The van der Waals surface area contributed by atoms with E-state index in [1.54, 1.807) is 6.07 Å². The van der Waals surface area contributed by atoms with Crippen LogP contribution in [-0.4, -0.2) is 30.7 Å². The third-order valence-electron chi connectivity index (χ3n) is 3.67. The van der Waals surface area contributed by atoms with Crippen molar-refractivity contribution in [1.29, 1.82) is 0 Å². The molecule has 0 spiro atoms. The van der Waals surface area contributed by atoms with Gasteiger partial charge in [-0.15, -0.1) is 0 Å². The number of halogens is 5. The van der Waals surface area contributed by atoms with Crippen LogP contribution in [0.4, 0.5) is 13.2 Å². The minimum atomic E-state index is -4.08. The monoisotopic (exact) mass is 369 g/mol. The molecule has 0 aliphatic carbocycles. The highest BCUT2D eigenvalue weighted by molar-refractivity contribution is 9.10. The lowest BCUT2D eigenvalue weighted by molar-refractivity contribution is -0.186. The van der Waals surface area contributed by atoms with Crippen LogP contribution in [0.5, 0.6) is 0 Å². The topological polar surface area (TPSA) is 3.24 Å². The highest BCUT2D eigenvalue weighted by Crippen LogP contribution is 2.33. The number of nitrogens with zero attached hydrogens (tertiary/aromatic N) is 1. The van der Waals surface area contributed by atoms with Crippen LogP contribution in [0, 0.1) is 5.92 Å². The number of alkyl halides is 3. The lowest BCUT2D eigenvalue weighted by Gasteiger charge is -2.33. The molecule has 1 aromatic carbocycles. The summed E-state index contributed by atoms with van der Waals surface area (Å²) in [5.74, 6) is -1.19. The molecule has 1 fully saturated rings. The number of hydrogen-bond acceptors (Lipinski definition) is 1. The van der Waals surface area contributed by atoms with Crippen LogP contribution in [0.3, 0.4) is 0 Å². The van der Waals surface area contributed by atoms with Gasteiger partial charge >= 0.3 is 6.18 Å². The Hall–Kier alpha value is -0.260. The highest BCUT2D eigenvalue weighted by Gasteiger charge is 2.41. The number of rotatable bonds is 3. The summed E-state index contributed by atoms with van der Waals surface area (Å²) in [6.45, 7) is 1.45. The van der Waals surface area contributed by atoms with Crippen molar-refractivity contribution in [2.45, 2.75) is 25.4 Å².